The lowest BCUT2D eigenvalue weighted by Gasteiger charge is -2.35. The Balaban J connectivity index is 0.000000532. The van der Waals surface area contributed by atoms with Gasteiger partial charge < -0.3 is 13.8 Å². The van der Waals surface area contributed by atoms with Gasteiger partial charge in [-0.2, -0.15) is 0 Å². The highest BCUT2D eigenvalue weighted by Gasteiger charge is 2.19. The number of rotatable bonds is 7. The summed E-state index contributed by atoms with van der Waals surface area (Å²) >= 11 is 0. The summed E-state index contributed by atoms with van der Waals surface area (Å²) in [5.74, 6) is -0.475. The molecule has 0 atom stereocenters. The highest BCUT2D eigenvalue weighted by molar-refractivity contribution is 7.85. The number of quaternary nitrogens is 1. The molecular weight excluding hydrogens is 270 g/mol. The van der Waals surface area contributed by atoms with Crippen molar-refractivity contribution in [2.24, 2.45) is 0 Å². The molecule has 1 rings (SSSR count). The Hall–Kier alpha value is -0.920. The standard InChI is InChI=1S/C9H21NO3S.C3H2O2/c1-4-10(5-2,6-3)8-7-9-14(11,12)13;4-3-1-2-5-3/h4-9H2,1-3H3;1-2H. The molecule has 112 valence electrons. The van der Waals surface area contributed by atoms with Crippen LogP contribution in [0.4, 0.5) is 0 Å². The highest BCUT2D eigenvalue weighted by Crippen LogP contribution is 2.07. The molecule has 0 bridgehead atoms. The van der Waals surface area contributed by atoms with E-state index in [0.717, 1.165) is 30.7 Å². The summed E-state index contributed by atoms with van der Waals surface area (Å²) < 4.78 is 36.3. The van der Waals surface area contributed by atoms with Crippen LogP contribution in [0, 0.1) is 0 Å². The molecular formula is C12H23NO5S. The van der Waals surface area contributed by atoms with Crippen LogP contribution in [-0.4, -0.2) is 55.4 Å². The number of cyclic esters (lactones) is 1. The van der Waals surface area contributed by atoms with Crippen LogP contribution in [0.1, 0.15) is 27.2 Å². The van der Waals surface area contributed by atoms with Gasteiger partial charge in [-0.3, -0.25) is 0 Å². The van der Waals surface area contributed by atoms with Crippen LogP contribution in [0.25, 0.3) is 0 Å². The monoisotopic (exact) mass is 293 g/mol. The lowest BCUT2D eigenvalue weighted by atomic mass is 10.3. The van der Waals surface area contributed by atoms with E-state index in [1.807, 2.05) is 0 Å². The Kier molecular flexibility index (Phi) is 7.89. The number of carbonyl (C=O) groups excluding carboxylic acids is 1. The zero-order valence-corrected chi connectivity index (χ0v) is 12.6. The molecule has 0 aromatic rings. The Morgan fingerprint density at radius 3 is 1.84 bits per heavy atom. The first-order valence-corrected chi connectivity index (χ1v) is 8.02. The van der Waals surface area contributed by atoms with Gasteiger partial charge in [0.1, 0.15) is 6.26 Å². The van der Waals surface area contributed by atoms with Crippen molar-refractivity contribution in [2.45, 2.75) is 27.2 Å². The van der Waals surface area contributed by atoms with Gasteiger partial charge in [-0.05, 0) is 20.8 Å². The zero-order valence-electron chi connectivity index (χ0n) is 11.8. The number of ether oxygens (including phenoxy) is 1. The van der Waals surface area contributed by atoms with Gasteiger partial charge in [-0.25, -0.2) is 13.2 Å². The fraction of sp³-hybridized carbons (Fsp3) is 0.750. The third-order valence-corrected chi connectivity index (χ3v) is 4.22. The van der Waals surface area contributed by atoms with Crippen molar-refractivity contribution in [1.82, 2.24) is 0 Å². The van der Waals surface area contributed by atoms with E-state index in [1.54, 1.807) is 0 Å². The molecule has 0 unspecified atom stereocenters. The molecule has 0 N–H and O–H groups in total. The van der Waals surface area contributed by atoms with Gasteiger partial charge in [-0.1, -0.05) is 0 Å². The third-order valence-electron chi connectivity index (χ3n) is 3.43. The van der Waals surface area contributed by atoms with E-state index in [-0.39, 0.29) is 11.7 Å². The lowest BCUT2D eigenvalue weighted by molar-refractivity contribution is -0.923. The molecule has 0 aromatic carbocycles. The fourth-order valence-corrected chi connectivity index (χ4v) is 2.33. The molecule has 1 aliphatic heterocycles. The minimum atomic E-state index is -4.03. The number of hydrogen-bond donors (Lipinski definition) is 0. The Labute approximate surface area is 115 Å². The Bertz CT molecular complexity index is 390. The summed E-state index contributed by atoms with van der Waals surface area (Å²) in [4.78, 5) is 9.59. The SMILES string of the molecule is CC[N+](CC)(CC)CCCS(=O)(=O)[O-].O=C1C=CO1. The first-order valence-electron chi connectivity index (χ1n) is 6.44. The van der Waals surface area contributed by atoms with Crippen molar-refractivity contribution in [3.05, 3.63) is 12.3 Å². The maximum absolute atomic E-state index is 10.4. The average molecular weight is 293 g/mol. The average Bonchev–Trinajstić information content (AvgIpc) is 2.32. The summed E-state index contributed by atoms with van der Waals surface area (Å²) in [5, 5.41) is 0. The minimum Gasteiger partial charge on any atom is -0.748 e. The van der Waals surface area contributed by atoms with E-state index >= 15 is 0 Å². The van der Waals surface area contributed by atoms with Crippen molar-refractivity contribution < 1.29 is 27.0 Å². The maximum atomic E-state index is 10.4. The summed E-state index contributed by atoms with van der Waals surface area (Å²) in [6.45, 7) is 10.0. The van der Waals surface area contributed by atoms with E-state index < -0.39 is 10.1 Å². The van der Waals surface area contributed by atoms with Gasteiger partial charge in [0, 0.05) is 12.2 Å². The second-order valence-electron chi connectivity index (χ2n) is 4.37. The Morgan fingerprint density at radius 1 is 1.21 bits per heavy atom. The molecule has 7 heteroatoms. The first-order chi connectivity index (χ1) is 8.78. The number of hydrogen-bond acceptors (Lipinski definition) is 5. The van der Waals surface area contributed by atoms with Crippen molar-refractivity contribution in [1.29, 1.82) is 0 Å². The third kappa shape index (κ3) is 7.97. The number of nitrogens with zero attached hydrogens (tertiary/aromatic N) is 1. The molecule has 0 aromatic heterocycles. The lowest BCUT2D eigenvalue weighted by Crippen LogP contribution is -2.48. The summed E-state index contributed by atoms with van der Waals surface area (Å²) in [5.41, 5.74) is 0. The smallest absolute Gasteiger partial charge is 0.338 e. The van der Waals surface area contributed by atoms with Crippen molar-refractivity contribution >= 4 is 16.1 Å². The molecule has 0 aliphatic carbocycles. The van der Waals surface area contributed by atoms with Crippen LogP contribution in [0.15, 0.2) is 12.3 Å². The van der Waals surface area contributed by atoms with Gasteiger partial charge in [0.15, 0.2) is 0 Å². The second kappa shape index (κ2) is 8.29. The molecule has 19 heavy (non-hydrogen) atoms. The normalized spacial score (nSPS) is 14.2. The highest BCUT2D eigenvalue weighted by atomic mass is 32.2. The van der Waals surface area contributed by atoms with Gasteiger partial charge in [-0.15, -0.1) is 0 Å². The maximum Gasteiger partial charge on any atom is 0.338 e. The Morgan fingerprint density at radius 2 is 1.63 bits per heavy atom. The molecule has 0 spiro atoms. The first kappa shape index (κ1) is 18.1. The van der Waals surface area contributed by atoms with E-state index in [4.69, 9.17) is 0 Å². The largest absolute Gasteiger partial charge is 0.748 e. The predicted molar refractivity (Wildman–Crippen MR) is 71.2 cm³/mol. The van der Waals surface area contributed by atoms with Gasteiger partial charge in [0.25, 0.3) is 0 Å². The summed E-state index contributed by atoms with van der Waals surface area (Å²) in [6, 6.07) is 0. The van der Waals surface area contributed by atoms with Crippen LogP contribution < -0.4 is 0 Å². The second-order valence-corrected chi connectivity index (χ2v) is 5.89. The molecule has 6 nitrogen and oxygen atoms in total. The van der Waals surface area contributed by atoms with Crippen LogP contribution >= 0.6 is 0 Å². The summed E-state index contributed by atoms with van der Waals surface area (Å²) in [7, 11) is -4.03. The van der Waals surface area contributed by atoms with Crippen molar-refractivity contribution in [3.8, 4) is 0 Å². The van der Waals surface area contributed by atoms with Gasteiger partial charge >= 0.3 is 5.97 Å². The van der Waals surface area contributed by atoms with Crippen LogP contribution in [0.2, 0.25) is 0 Å². The molecule has 0 saturated carbocycles. The van der Waals surface area contributed by atoms with Crippen LogP contribution in [0.5, 0.6) is 0 Å². The molecule has 1 aliphatic rings. The fourth-order valence-electron chi connectivity index (χ4n) is 1.85. The number of carbonyl (C=O) groups is 1. The molecule has 0 radical (unpaired) electrons. The van der Waals surface area contributed by atoms with E-state index in [0.29, 0.717) is 6.42 Å². The van der Waals surface area contributed by atoms with E-state index in [9.17, 15) is 17.8 Å². The molecule has 0 saturated heterocycles. The minimum absolute atomic E-state index is 0.229. The topological polar surface area (TPSA) is 83.5 Å². The van der Waals surface area contributed by atoms with Gasteiger partial charge in [0.2, 0.25) is 0 Å². The van der Waals surface area contributed by atoms with Crippen LogP contribution in [-0.2, 0) is 19.6 Å². The van der Waals surface area contributed by atoms with Crippen molar-refractivity contribution in [2.75, 3.05) is 31.9 Å². The predicted octanol–water partition coefficient (Wildman–Crippen LogP) is 0.855. The zero-order chi connectivity index (χ0) is 14.9. The van der Waals surface area contributed by atoms with E-state index in [1.165, 1.54) is 12.3 Å². The van der Waals surface area contributed by atoms with E-state index in [2.05, 4.69) is 25.5 Å². The molecule has 1 heterocycles. The van der Waals surface area contributed by atoms with Crippen molar-refractivity contribution in [3.63, 3.8) is 0 Å². The molecule has 0 amide bonds. The van der Waals surface area contributed by atoms with Crippen LogP contribution in [0.3, 0.4) is 0 Å². The quantitative estimate of drug-likeness (QED) is 0.395. The summed E-state index contributed by atoms with van der Waals surface area (Å²) in [6.07, 6.45) is 3.18. The number of esters is 1. The molecule has 0 fully saturated rings. The van der Waals surface area contributed by atoms with Gasteiger partial charge in [0.05, 0.1) is 42.4 Å².